The van der Waals surface area contributed by atoms with Crippen LogP contribution in [0, 0.1) is 20.7 Å². The van der Waals surface area contributed by atoms with E-state index in [2.05, 4.69) is 43.0 Å². The number of rotatable bonds is 11. The highest BCUT2D eigenvalue weighted by Crippen LogP contribution is 2.68. The highest BCUT2D eigenvalue weighted by atomic mass is 127. The summed E-state index contributed by atoms with van der Waals surface area (Å²) in [5.74, 6) is 0.338. The molecule has 2 saturated carbocycles. The Balaban J connectivity index is 1.26. The molecule has 6 rings (SSSR count). The van der Waals surface area contributed by atoms with Crippen molar-refractivity contribution in [2.75, 3.05) is 29.9 Å². The van der Waals surface area contributed by atoms with Crippen molar-refractivity contribution in [3.8, 4) is 0 Å². The SMILES string of the molecule is CCC(C)C1(CC(F)(F)F)C[C@@H]1c1nc(N2CCC(N(C(=O)C3CCCN3)C3CC3)CC2)nc(NCc2ccc(F)cc2Cl)c1I. The zero-order valence-electron chi connectivity index (χ0n) is 26.3. The third kappa shape index (κ3) is 7.23. The molecule has 2 aromatic rings. The number of hydrogen-bond donors (Lipinski definition) is 2. The van der Waals surface area contributed by atoms with Gasteiger partial charge in [-0.2, -0.15) is 18.2 Å². The van der Waals surface area contributed by atoms with Gasteiger partial charge in [-0.3, -0.25) is 4.79 Å². The molecule has 7 nitrogen and oxygen atoms in total. The maximum Gasteiger partial charge on any atom is 0.389 e. The highest BCUT2D eigenvalue weighted by molar-refractivity contribution is 14.1. The second kappa shape index (κ2) is 13.5. The van der Waals surface area contributed by atoms with Gasteiger partial charge in [0.2, 0.25) is 11.9 Å². The van der Waals surface area contributed by atoms with Crippen LogP contribution in [0.1, 0.15) is 88.8 Å². The zero-order valence-corrected chi connectivity index (χ0v) is 29.2. The molecule has 1 aromatic carbocycles. The molecule has 0 radical (unpaired) electrons. The van der Waals surface area contributed by atoms with Gasteiger partial charge in [0.05, 0.1) is 21.7 Å². The highest BCUT2D eigenvalue weighted by Gasteiger charge is 2.63. The molecular weight excluding hydrogens is 735 g/mol. The predicted molar refractivity (Wildman–Crippen MR) is 180 cm³/mol. The fourth-order valence-corrected chi connectivity index (χ4v) is 8.64. The lowest BCUT2D eigenvalue weighted by atomic mass is 9.82. The molecule has 0 spiro atoms. The number of aromatic nitrogens is 2. The van der Waals surface area contributed by atoms with E-state index < -0.39 is 23.8 Å². The quantitative estimate of drug-likeness (QED) is 0.181. The van der Waals surface area contributed by atoms with Gasteiger partial charge in [0.15, 0.2) is 0 Å². The Bertz CT molecular complexity index is 1430. The average Bonchev–Trinajstić information content (AvgIpc) is 3.92. The summed E-state index contributed by atoms with van der Waals surface area (Å²) >= 11 is 8.45. The summed E-state index contributed by atoms with van der Waals surface area (Å²) in [6.45, 7) is 6.29. The Morgan fingerprint density at radius 3 is 2.52 bits per heavy atom. The summed E-state index contributed by atoms with van der Waals surface area (Å²) in [7, 11) is 0. The summed E-state index contributed by atoms with van der Waals surface area (Å²) in [5.41, 5.74) is 0.426. The number of hydrogen-bond acceptors (Lipinski definition) is 6. The molecule has 2 saturated heterocycles. The Morgan fingerprint density at radius 2 is 1.91 bits per heavy atom. The lowest BCUT2D eigenvalue weighted by molar-refractivity contribution is -0.152. The minimum Gasteiger partial charge on any atom is -0.365 e. The van der Waals surface area contributed by atoms with Crippen molar-refractivity contribution >= 4 is 51.9 Å². The fraction of sp³-hybridized carbons (Fsp3) is 0.667. The third-order valence-electron chi connectivity index (χ3n) is 10.6. The van der Waals surface area contributed by atoms with Crippen molar-refractivity contribution in [2.45, 2.75) is 108 Å². The van der Waals surface area contributed by atoms with Gasteiger partial charge in [-0.25, -0.2) is 9.37 Å². The van der Waals surface area contributed by atoms with E-state index in [1.165, 1.54) is 12.1 Å². The number of carbonyl (C=O) groups is 1. The molecule has 3 unspecified atom stereocenters. The second-order valence-corrected chi connectivity index (χ2v) is 15.1. The Hall–Kier alpha value is -1.93. The molecule has 2 N–H and O–H groups in total. The molecule has 1 amide bonds. The summed E-state index contributed by atoms with van der Waals surface area (Å²) in [6, 6.07) is 4.58. The normalized spacial score (nSPS) is 25.9. The van der Waals surface area contributed by atoms with Crippen LogP contribution >= 0.6 is 34.2 Å². The van der Waals surface area contributed by atoms with Gasteiger partial charge in [0.25, 0.3) is 0 Å². The molecule has 252 valence electrons. The number of anilines is 2. The van der Waals surface area contributed by atoms with Gasteiger partial charge in [0.1, 0.15) is 11.6 Å². The van der Waals surface area contributed by atoms with Crippen LogP contribution < -0.4 is 15.5 Å². The minimum atomic E-state index is -4.28. The predicted octanol–water partition coefficient (Wildman–Crippen LogP) is 7.67. The maximum atomic E-state index is 13.9. The number of carbonyl (C=O) groups excluding carboxylic acids is 1. The van der Waals surface area contributed by atoms with Crippen molar-refractivity contribution in [1.82, 2.24) is 20.2 Å². The summed E-state index contributed by atoms with van der Waals surface area (Å²) in [5, 5.41) is 6.98. The van der Waals surface area contributed by atoms with Crippen molar-refractivity contribution in [3.05, 3.63) is 43.9 Å². The molecule has 4 aliphatic rings. The average molecular weight is 777 g/mol. The first-order valence-electron chi connectivity index (χ1n) is 16.5. The Morgan fingerprint density at radius 1 is 1.20 bits per heavy atom. The van der Waals surface area contributed by atoms with Gasteiger partial charge in [-0.15, -0.1) is 0 Å². The lowest BCUT2D eigenvalue weighted by Crippen LogP contribution is -2.53. The number of piperidine rings is 1. The van der Waals surface area contributed by atoms with Crippen LogP contribution in [0.15, 0.2) is 18.2 Å². The first-order chi connectivity index (χ1) is 21.9. The van der Waals surface area contributed by atoms with Crippen molar-refractivity contribution in [3.63, 3.8) is 0 Å². The van der Waals surface area contributed by atoms with E-state index in [1.54, 1.807) is 6.07 Å². The molecule has 3 heterocycles. The number of alkyl halides is 3. The standard InChI is InChI=1S/C33H42ClF4IN6O/c1-3-19(2)32(18-33(36,37)38)16-24(32)28-27(39)29(41-17-20-6-7-21(35)15-25(20)34)43-31(42-28)44-13-10-23(11-14-44)45(22-8-9-22)30(46)26-5-4-12-40-26/h6-7,15,19,22-24,26,40H,3-5,8-14,16-18H2,1-2H3,(H,41,42,43)/t19?,24-,26?,32?/m1/s1. The Labute approximate surface area is 286 Å². The Kier molecular flexibility index (Phi) is 9.98. The summed E-state index contributed by atoms with van der Waals surface area (Å²) in [6.07, 6.45) is 1.51. The van der Waals surface area contributed by atoms with Crippen LogP contribution in [0.25, 0.3) is 0 Å². The zero-order chi connectivity index (χ0) is 32.8. The monoisotopic (exact) mass is 776 g/mol. The molecular formula is C33H42ClF4IN6O. The number of halogens is 6. The lowest BCUT2D eigenvalue weighted by Gasteiger charge is -2.40. The number of amides is 1. The van der Waals surface area contributed by atoms with E-state index >= 15 is 0 Å². The molecule has 46 heavy (non-hydrogen) atoms. The van der Waals surface area contributed by atoms with E-state index in [4.69, 9.17) is 21.6 Å². The van der Waals surface area contributed by atoms with Crippen LogP contribution in [0.4, 0.5) is 29.3 Å². The smallest absolute Gasteiger partial charge is 0.365 e. The number of benzene rings is 1. The number of nitrogens with zero attached hydrogens (tertiary/aromatic N) is 4. The first-order valence-corrected chi connectivity index (χ1v) is 18.0. The van der Waals surface area contributed by atoms with Crippen molar-refractivity contribution < 1.29 is 22.4 Å². The van der Waals surface area contributed by atoms with Crippen molar-refractivity contribution in [1.29, 1.82) is 0 Å². The van der Waals surface area contributed by atoms with E-state index in [-0.39, 0.29) is 41.4 Å². The first kappa shape index (κ1) is 34.0. The van der Waals surface area contributed by atoms with Gasteiger partial charge in [-0.05, 0) is 103 Å². The maximum absolute atomic E-state index is 13.9. The van der Waals surface area contributed by atoms with Crippen LogP contribution in [-0.4, -0.2) is 64.7 Å². The molecule has 4 atom stereocenters. The molecule has 1 aromatic heterocycles. The molecule has 2 aliphatic heterocycles. The van der Waals surface area contributed by atoms with Crippen LogP contribution in [0.2, 0.25) is 5.02 Å². The van der Waals surface area contributed by atoms with E-state index in [0.717, 1.165) is 45.1 Å². The summed E-state index contributed by atoms with van der Waals surface area (Å²) < 4.78 is 56.1. The largest absolute Gasteiger partial charge is 0.389 e. The molecule has 4 fully saturated rings. The number of nitrogens with one attached hydrogen (secondary N) is 2. The summed E-state index contributed by atoms with van der Waals surface area (Å²) in [4.78, 5) is 27.6. The van der Waals surface area contributed by atoms with E-state index in [0.29, 0.717) is 58.6 Å². The minimum absolute atomic E-state index is 0.0926. The molecule has 13 heteroatoms. The van der Waals surface area contributed by atoms with Gasteiger partial charge >= 0.3 is 6.18 Å². The van der Waals surface area contributed by atoms with Crippen molar-refractivity contribution in [2.24, 2.45) is 11.3 Å². The van der Waals surface area contributed by atoms with E-state index in [1.807, 2.05) is 13.8 Å². The van der Waals surface area contributed by atoms with E-state index in [9.17, 15) is 22.4 Å². The van der Waals surface area contributed by atoms with Crippen LogP contribution in [-0.2, 0) is 11.3 Å². The van der Waals surface area contributed by atoms with Gasteiger partial charge in [-0.1, -0.05) is 37.9 Å². The van der Waals surface area contributed by atoms with Gasteiger partial charge in [0, 0.05) is 42.7 Å². The second-order valence-electron chi connectivity index (χ2n) is 13.6. The topological polar surface area (TPSA) is 73.4 Å². The van der Waals surface area contributed by atoms with Gasteiger partial charge < -0.3 is 20.4 Å². The molecule has 2 aliphatic carbocycles. The fourth-order valence-electron chi connectivity index (χ4n) is 7.60. The van der Waals surface area contributed by atoms with Crippen LogP contribution in [0.3, 0.4) is 0 Å². The van der Waals surface area contributed by atoms with Crippen LogP contribution in [0.5, 0.6) is 0 Å². The molecule has 0 bridgehead atoms. The third-order valence-corrected chi connectivity index (χ3v) is 12.0.